The first-order chi connectivity index (χ1) is 10.0. The summed E-state index contributed by atoms with van der Waals surface area (Å²) in [5.74, 6) is 0.362. The highest BCUT2D eigenvalue weighted by atomic mass is 79.9. The molecule has 0 bridgehead atoms. The van der Waals surface area contributed by atoms with Crippen LogP contribution in [0.15, 0.2) is 22.7 Å². The second-order valence-corrected chi connectivity index (χ2v) is 7.76. The molecular weight excluding hydrogens is 351 g/mol. The number of halogens is 2. The first-order valence-electron chi connectivity index (χ1n) is 7.23. The van der Waals surface area contributed by atoms with E-state index in [2.05, 4.69) is 35.1 Å². The van der Waals surface area contributed by atoms with Crippen LogP contribution >= 0.6 is 27.3 Å². The van der Waals surface area contributed by atoms with Crippen LogP contribution in [0.2, 0.25) is 0 Å². The van der Waals surface area contributed by atoms with E-state index >= 15 is 0 Å². The first-order valence-corrected chi connectivity index (χ1v) is 8.84. The number of hydrogen-bond acceptors (Lipinski definition) is 3. The van der Waals surface area contributed by atoms with Crippen LogP contribution in [0.3, 0.4) is 0 Å². The third kappa shape index (κ3) is 3.52. The van der Waals surface area contributed by atoms with Crippen molar-refractivity contribution in [3.8, 4) is 10.6 Å². The van der Waals surface area contributed by atoms with Gasteiger partial charge >= 0.3 is 0 Å². The van der Waals surface area contributed by atoms with Gasteiger partial charge in [-0.15, -0.1) is 11.3 Å². The molecule has 0 spiro atoms. The summed E-state index contributed by atoms with van der Waals surface area (Å²) in [5, 5.41) is 4.24. The van der Waals surface area contributed by atoms with Gasteiger partial charge in [-0.2, -0.15) is 0 Å². The maximum Gasteiger partial charge on any atom is 0.134 e. The summed E-state index contributed by atoms with van der Waals surface area (Å²) in [6, 6.07) is 5.60. The van der Waals surface area contributed by atoms with Crippen LogP contribution in [0, 0.1) is 5.82 Å². The van der Waals surface area contributed by atoms with Crippen molar-refractivity contribution in [2.75, 3.05) is 0 Å². The lowest BCUT2D eigenvalue weighted by molar-refractivity contribution is 0.590. The summed E-state index contributed by atoms with van der Waals surface area (Å²) in [6.45, 7) is 5.08. The maximum absolute atomic E-state index is 14.1. The molecule has 1 aromatic heterocycles. The normalized spacial score (nSPS) is 14.9. The van der Waals surface area contributed by atoms with E-state index in [1.165, 1.54) is 29.5 Å². The molecule has 1 aromatic carbocycles. The van der Waals surface area contributed by atoms with Gasteiger partial charge in [-0.3, -0.25) is 0 Å². The minimum atomic E-state index is -0.219. The molecule has 0 atom stereocenters. The molecule has 1 aliphatic carbocycles. The zero-order valence-corrected chi connectivity index (χ0v) is 14.5. The smallest absolute Gasteiger partial charge is 0.134 e. The summed E-state index contributed by atoms with van der Waals surface area (Å²) in [5.41, 5.74) is 1.77. The van der Waals surface area contributed by atoms with Crippen molar-refractivity contribution in [3.05, 3.63) is 39.1 Å². The van der Waals surface area contributed by atoms with E-state index in [4.69, 9.17) is 4.98 Å². The van der Waals surface area contributed by atoms with Crippen LogP contribution in [0.25, 0.3) is 10.6 Å². The molecule has 21 heavy (non-hydrogen) atoms. The van der Waals surface area contributed by atoms with Crippen LogP contribution in [0.5, 0.6) is 0 Å². The Bertz CT molecular complexity index is 650. The van der Waals surface area contributed by atoms with Crippen LogP contribution in [0.4, 0.5) is 4.39 Å². The summed E-state index contributed by atoms with van der Waals surface area (Å²) in [6.07, 6.45) is 2.42. The number of benzene rings is 1. The van der Waals surface area contributed by atoms with E-state index in [0.717, 1.165) is 16.0 Å². The average molecular weight is 369 g/mol. The Labute approximate surface area is 136 Å². The van der Waals surface area contributed by atoms with E-state index in [1.54, 1.807) is 17.4 Å². The highest BCUT2D eigenvalue weighted by Gasteiger charge is 2.30. The van der Waals surface area contributed by atoms with Gasteiger partial charge in [-0.1, -0.05) is 29.8 Å². The number of thiazole rings is 1. The fourth-order valence-corrected chi connectivity index (χ4v) is 3.70. The van der Waals surface area contributed by atoms with E-state index in [0.29, 0.717) is 17.5 Å². The number of aromatic nitrogens is 1. The topological polar surface area (TPSA) is 24.9 Å². The van der Waals surface area contributed by atoms with Crippen LogP contribution in [-0.4, -0.2) is 11.0 Å². The quantitative estimate of drug-likeness (QED) is 0.794. The molecule has 0 unspecified atom stereocenters. The molecule has 2 aromatic rings. The molecule has 1 heterocycles. The van der Waals surface area contributed by atoms with Gasteiger partial charge in [0.2, 0.25) is 0 Å². The Kier molecular flexibility index (Phi) is 4.43. The molecule has 5 heteroatoms. The summed E-state index contributed by atoms with van der Waals surface area (Å²) >= 11 is 4.91. The average Bonchev–Trinajstić information content (AvgIpc) is 3.17. The fourth-order valence-electron chi connectivity index (χ4n) is 2.24. The van der Waals surface area contributed by atoms with E-state index in [1.807, 2.05) is 6.07 Å². The van der Waals surface area contributed by atoms with Gasteiger partial charge in [0.25, 0.3) is 0 Å². The van der Waals surface area contributed by atoms with E-state index in [-0.39, 0.29) is 5.82 Å². The second kappa shape index (κ2) is 6.15. The molecule has 112 valence electrons. The predicted octanol–water partition coefficient (Wildman–Crippen LogP) is 5.09. The van der Waals surface area contributed by atoms with Crippen molar-refractivity contribution in [3.63, 3.8) is 0 Å². The molecule has 0 amide bonds. The second-order valence-electron chi connectivity index (χ2n) is 5.76. The van der Waals surface area contributed by atoms with Crippen molar-refractivity contribution in [1.82, 2.24) is 10.3 Å². The Hall–Kier alpha value is -0.780. The van der Waals surface area contributed by atoms with Gasteiger partial charge in [0.05, 0.1) is 5.69 Å². The number of nitrogens with one attached hydrogen (secondary N) is 1. The summed E-state index contributed by atoms with van der Waals surface area (Å²) in [7, 11) is 0. The van der Waals surface area contributed by atoms with Gasteiger partial charge in [0.1, 0.15) is 10.8 Å². The minimum absolute atomic E-state index is 0.219. The van der Waals surface area contributed by atoms with Gasteiger partial charge in [-0.05, 0) is 31.0 Å². The highest BCUT2D eigenvalue weighted by Crippen LogP contribution is 2.44. The van der Waals surface area contributed by atoms with Crippen molar-refractivity contribution in [2.24, 2.45) is 0 Å². The van der Waals surface area contributed by atoms with E-state index in [9.17, 15) is 4.39 Å². The van der Waals surface area contributed by atoms with Crippen molar-refractivity contribution < 1.29 is 4.39 Å². The third-order valence-electron chi connectivity index (χ3n) is 3.52. The molecule has 2 nitrogen and oxygen atoms in total. The molecule has 1 saturated carbocycles. The zero-order valence-electron chi connectivity index (χ0n) is 12.1. The lowest BCUT2D eigenvalue weighted by atomic mass is 10.2. The molecule has 0 aliphatic heterocycles. The molecule has 0 radical (unpaired) electrons. The SMILES string of the molecule is CC(C)NCc1sc(-c2ccc(Br)cc2F)nc1C1CC1. The first kappa shape index (κ1) is 15.1. The predicted molar refractivity (Wildman–Crippen MR) is 89.2 cm³/mol. The summed E-state index contributed by atoms with van der Waals surface area (Å²) < 4.78 is 14.9. The molecule has 0 saturated heterocycles. The number of rotatable bonds is 5. The molecule has 1 N–H and O–H groups in total. The Morgan fingerprint density at radius 2 is 2.19 bits per heavy atom. The third-order valence-corrected chi connectivity index (χ3v) is 5.12. The molecule has 1 fully saturated rings. The Balaban J connectivity index is 1.93. The lowest BCUT2D eigenvalue weighted by Crippen LogP contribution is -2.21. The van der Waals surface area contributed by atoms with Crippen LogP contribution in [-0.2, 0) is 6.54 Å². The van der Waals surface area contributed by atoms with Crippen molar-refractivity contribution >= 4 is 27.3 Å². The maximum atomic E-state index is 14.1. The summed E-state index contributed by atoms with van der Waals surface area (Å²) in [4.78, 5) is 5.99. The van der Waals surface area contributed by atoms with Crippen LogP contribution in [0.1, 0.15) is 43.2 Å². The highest BCUT2D eigenvalue weighted by molar-refractivity contribution is 9.10. The van der Waals surface area contributed by atoms with E-state index < -0.39 is 0 Å². The monoisotopic (exact) mass is 368 g/mol. The Morgan fingerprint density at radius 1 is 1.43 bits per heavy atom. The zero-order chi connectivity index (χ0) is 15.0. The Morgan fingerprint density at radius 3 is 2.81 bits per heavy atom. The standard InChI is InChI=1S/C16H18BrFN2S/c1-9(2)19-8-14-15(10-3-4-10)20-16(21-14)12-6-5-11(17)7-13(12)18/h5-7,9-10,19H,3-4,8H2,1-2H3. The van der Waals surface area contributed by atoms with Crippen molar-refractivity contribution in [1.29, 1.82) is 0 Å². The lowest BCUT2D eigenvalue weighted by Gasteiger charge is -2.07. The van der Waals surface area contributed by atoms with Crippen molar-refractivity contribution in [2.45, 2.75) is 45.2 Å². The van der Waals surface area contributed by atoms with Gasteiger partial charge in [0.15, 0.2) is 0 Å². The number of nitrogens with zero attached hydrogens (tertiary/aromatic N) is 1. The molecule has 1 aliphatic rings. The van der Waals surface area contributed by atoms with Gasteiger partial charge < -0.3 is 5.32 Å². The number of hydrogen-bond donors (Lipinski definition) is 1. The largest absolute Gasteiger partial charge is 0.310 e. The van der Waals surface area contributed by atoms with Gasteiger partial charge in [0, 0.05) is 33.4 Å². The minimum Gasteiger partial charge on any atom is -0.310 e. The molecule has 3 rings (SSSR count). The van der Waals surface area contributed by atoms with Crippen LogP contribution < -0.4 is 5.32 Å². The van der Waals surface area contributed by atoms with Gasteiger partial charge in [-0.25, -0.2) is 9.37 Å². The molecular formula is C16H18BrFN2S. The fraction of sp³-hybridized carbons (Fsp3) is 0.438.